The van der Waals surface area contributed by atoms with Crippen molar-refractivity contribution in [2.75, 3.05) is 0 Å². The molecule has 0 saturated heterocycles. The molecule has 2 amide bonds. The first-order chi connectivity index (χ1) is 15.1. The standard InChI is InChI=1S/C24H21N3O3S/c1-16(14-22-26-19-11-5-6-12-21(19)31-22)25-24(29)20(15-18-10-7-13-30-18)27-23(28)17-8-3-2-4-9-17/h2-13,15-16H,14H2,1H3,(H,25,29)(H,27,28)/b20-15-. The number of benzene rings is 2. The van der Waals surface area contributed by atoms with Gasteiger partial charge in [-0.05, 0) is 43.3 Å². The molecule has 6 nitrogen and oxygen atoms in total. The van der Waals surface area contributed by atoms with E-state index in [9.17, 15) is 9.59 Å². The Labute approximate surface area is 183 Å². The van der Waals surface area contributed by atoms with Crippen molar-refractivity contribution in [1.82, 2.24) is 15.6 Å². The lowest BCUT2D eigenvalue weighted by molar-refractivity contribution is -0.118. The molecule has 0 saturated carbocycles. The number of rotatable bonds is 7. The number of aromatic nitrogens is 1. The SMILES string of the molecule is CC(Cc1nc2ccccc2s1)NC(=O)/C(=C/c1ccco1)NC(=O)c1ccccc1. The summed E-state index contributed by atoms with van der Waals surface area (Å²) in [5.41, 5.74) is 1.53. The summed E-state index contributed by atoms with van der Waals surface area (Å²) in [7, 11) is 0. The molecule has 0 aliphatic heterocycles. The molecule has 4 rings (SSSR count). The van der Waals surface area contributed by atoms with Crippen LogP contribution in [-0.2, 0) is 11.2 Å². The average Bonchev–Trinajstić information content (AvgIpc) is 3.42. The molecule has 0 spiro atoms. The summed E-state index contributed by atoms with van der Waals surface area (Å²) in [5, 5.41) is 6.59. The van der Waals surface area contributed by atoms with Gasteiger partial charge in [-0.3, -0.25) is 9.59 Å². The van der Waals surface area contributed by atoms with Crippen LogP contribution in [0, 0.1) is 0 Å². The molecule has 0 radical (unpaired) electrons. The van der Waals surface area contributed by atoms with Crippen molar-refractivity contribution >= 4 is 39.4 Å². The van der Waals surface area contributed by atoms with Gasteiger partial charge >= 0.3 is 0 Å². The molecule has 156 valence electrons. The molecule has 0 bridgehead atoms. The number of hydrogen-bond acceptors (Lipinski definition) is 5. The first-order valence-electron chi connectivity index (χ1n) is 9.85. The Morgan fingerprint density at radius 2 is 1.84 bits per heavy atom. The summed E-state index contributed by atoms with van der Waals surface area (Å²) in [5.74, 6) is -0.293. The Bertz CT molecular complexity index is 1180. The summed E-state index contributed by atoms with van der Waals surface area (Å²) in [6.07, 6.45) is 3.61. The van der Waals surface area contributed by atoms with Gasteiger partial charge in [-0.15, -0.1) is 11.3 Å². The normalized spacial score (nSPS) is 12.5. The Morgan fingerprint density at radius 1 is 1.06 bits per heavy atom. The molecule has 0 aliphatic rings. The van der Waals surface area contributed by atoms with E-state index in [2.05, 4.69) is 15.6 Å². The van der Waals surface area contributed by atoms with Crippen LogP contribution in [-0.4, -0.2) is 22.8 Å². The molecule has 2 N–H and O–H groups in total. The van der Waals surface area contributed by atoms with Crippen LogP contribution in [0.4, 0.5) is 0 Å². The summed E-state index contributed by atoms with van der Waals surface area (Å²) >= 11 is 1.61. The predicted octanol–water partition coefficient (Wildman–Crippen LogP) is 4.41. The number of hydrogen-bond donors (Lipinski definition) is 2. The number of fused-ring (bicyclic) bond motifs is 1. The smallest absolute Gasteiger partial charge is 0.268 e. The minimum Gasteiger partial charge on any atom is -0.465 e. The minimum absolute atomic E-state index is 0.111. The second-order valence-electron chi connectivity index (χ2n) is 7.05. The number of carbonyl (C=O) groups excluding carboxylic acids is 2. The number of thiazole rings is 1. The van der Waals surface area contributed by atoms with Gasteiger partial charge in [0.15, 0.2) is 0 Å². The van der Waals surface area contributed by atoms with E-state index in [1.54, 1.807) is 47.7 Å². The van der Waals surface area contributed by atoms with Gasteiger partial charge in [-0.1, -0.05) is 30.3 Å². The highest BCUT2D eigenvalue weighted by atomic mass is 32.1. The molecule has 31 heavy (non-hydrogen) atoms. The van der Waals surface area contributed by atoms with Crippen molar-refractivity contribution in [3.8, 4) is 0 Å². The zero-order valence-electron chi connectivity index (χ0n) is 16.9. The fourth-order valence-corrected chi connectivity index (χ4v) is 4.18. The Morgan fingerprint density at radius 3 is 2.58 bits per heavy atom. The third kappa shape index (κ3) is 5.26. The van der Waals surface area contributed by atoms with E-state index in [0.717, 1.165) is 15.2 Å². The fourth-order valence-electron chi connectivity index (χ4n) is 3.08. The number of para-hydroxylation sites is 1. The summed E-state index contributed by atoms with van der Waals surface area (Å²) in [4.78, 5) is 30.2. The zero-order valence-corrected chi connectivity index (χ0v) is 17.7. The van der Waals surface area contributed by atoms with E-state index in [-0.39, 0.29) is 17.6 Å². The maximum Gasteiger partial charge on any atom is 0.268 e. The first kappa shape index (κ1) is 20.6. The lowest BCUT2D eigenvalue weighted by Gasteiger charge is -2.15. The van der Waals surface area contributed by atoms with Gasteiger partial charge in [-0.2, -0.15) is 0 Å². The molecule has 1 atom stereocenters. The highest BCUT2D eigenvalue weighted by molar-refractivity contribution is 7.18. The van der Waals surface area contributed by atoms with E-state index < -0.39 is 5.91 Å². The molecular weight excluding hydrogens is 410 g/mol. The van der Waals surface area contributed by atoms with Gasteiger partial charge < -0.3 is 15.1 Å². The largest absolute Gasteiger partial charge is 0.465 e. The van der Waals surface area contributed by atoms with E-state index in [1.807, 2.05) is 37.3 Å². The Balaban J connectivity index is 1.47. The van der Waals surface area contributed by atoms with Crippen LogP contribution >= 0.6 is 11.3 Å². The van der Waals surface area contributed by atoms with Crippen molar-refractivity contribution in [2.45, 2.75) is 19.4 Å². The molecule has 0 aliphatic carbocycles. The number of nitrogens with one attached hydrogen (secondary N) is 2. The Kier molecular flexibility index (Phi) is 6.24. The van der Waals surface area contributed by atoms with Crippen molar-refractivity contribution in [1.29, 1.82) is 0 Å². The lowest BCUT2D eigenvalue weighted by Crippen LogP contribution is -2.40. The number of nitrogens with zero attached hydrogens (tertiary/aromatic N) is 1. The fraction of sp³-hybridized carbons (Fsp3) is 0.125. The number of furan rings is 1. The summed E-state index contributed by atoms with van der Waals surface area (Å²) in [6.45, 7) is 1.91. The van der Waals surface area contributed by atoms with Gasteiger partial charge in [-0.25, -0.2) is 4.98 Å². The van der Waals surface area contributed by atoms with Crippen molar-refractivity contribution in [2.24, 2.45) is 0 Å². The molecular formula is C24H21N3O3S. The average molecular weight is 432 g/mol. The topological polar surface area (TPSA) is 84.2 Å². The van der Waals surface area contributed by atoms with E-state index in [1.165, 1.54) is 12.3 Å². The van der Waals surface area contributed by atoms with Crippen LogP contribution in [0.15, 0.2) is 83.1 Å². The zero-order chi connectivity index (χ0) is 21.6. The van der Waals surface area contributed by atoms with Gasteiger partial charge in [0.25, 0.3) is 11.8 Å². The van der Waals surface area contributed by atoms with Gasteiger partial charge in [0, 0.05) is 24.1 Å². The van der Waals surface area contributed by atoms with Crippen LogP contribution in [0.25, 0.3) is 16.3 Å². The van der Waals surface area contributed by atoms with Crippen LogP contribution in [0.5, 0.6) is 0 Å². The first-order valence-corrected chi connectivity index (χ1v) is 10.7. The summed E-state index contributed by atoms with van der Waals surface area (Å²) in [6, 6.07) is 19.9. The molecule has 2 heterocycles. The number of amides is 2. The van der Waals surface area contributed by atoms with Crippen LogP contribution in [0.1, 0.15) is 28.0 Å². The third-order valence-corrected chi connectivity index (χ3v) is 5.61. The predicted molar refractivity (Wildman–Crippen MR) is 122 cm³/mol. The van der Waals surface area contributed by atoms with E-state index >= 15 is 0 Å². The maximum atomic E-state index is 13.0. The van der Waals surface area contributed by atoms with Gasteiger partial charge in [0.05, 0.1) is 21.5 Å². The quantitative estimate of drug-likeness (QED) is 0.425. The van der Waals surface area contributed by atoms with E-state index in [4.69, 9.17) is 4.42 Å². The van der Waals surface area contributed by atoms with Crippen molar-refractivity contribution in [3.05, 3.63) is 95.0 Å². The maximum absolute atomic E-state index is 13.0. The second kappa shape index (κ2) is 9.40. The molecule has 7 heteroatoms. The van der Waals surface area contributed by atoms with Gasteiger partial charge in [0.2, 0.25) is 0 Å². The van der Waals surface area contributed by atoms with Crippen LogP contribution in [0.2, 0.25) is 0 Å². The van der Waals surface area contributed by atoms with Crippen LogP contribution in [0.3, 0.4) is 0 Å². The van der Waals surface area contributed by atoms with Crippen molar-refractivity contribution < 1.29 is 14.0 Å². The minimum atomic E-state index is -0.394. The third-order valence-electron chi connectivity index (χ3n) is 4.56. The highest BCUT2D eigenvalue weighted by Crippen LogP contribution is 2.22. The van der Waals surface area contributed by atoms with Gasteiger partial charge in [0.1, 0.15) is 11.5 Å². The number of carbonyl (C=O) groups is 2. The van der Waals surface area contributed by atoms with Crippen LogP contribution < -0.4 is 10.6 Å². The monoisotopic (exact) mass is 431 g/mol. The molecule has 2 aromatic heterocycles. The molecule has 2 aromatic carbocycles. The van der Waals surface area contributed by atoms with E-state index in [0.29, 0.717) is 17.7 Å². The Hall–Kier alpha value is -3.71. The molecule has 4 aromatic rings. The molecule has 0 fully saturated rings. The lowest BCUT2D eigenvalue weighted by atomic mass is 10.2. The molecule has 1 unspecified atom stereocenters. The highest BCUT2D eigenvalue weighted by Gasteiger charge is 2.18. The second-order valence-corrected chi connectivity index (χ2v) is 8.16. The van der Waals surface area contributed by atoms with Crippen molar-refractivity contribution in [3.63, 3.8) is 0 Å². The summed E-state index contributed by atoms with van der Waals surface area (Å²) < 4.78 is 6.44.